The zero-order chi connectivity index (χ0) is 16.8. The molecule has 0 radical (unpaired) electrons. The summed E-state index contributed by atoms with van der Waals surface area (Å²) < 4.78 is 0. The number of aromatic nitrogens is 2. The van der Waals surface area contributed by atoms with E-state index in [9.17, 15) is 9.90 Å². The van der Waals surface area contributed by atoms with Crippen LogP contribution in [0, 0.1) is 12.8 Å². The maximum absolute atomic E-state index is 12.0. The minimum Gasteiger partial charge on any atom is -0.394 e. The van der Waals surface area contributed by atoms with E-state index in [4.69, 9.17) is 0 Å². The van der Waals surface area contributed by atoms with Crippen molar-refractivity contribution in [1.82, 2.24) is 15.3 Å². The van der Waals surface area contributed by atoms with Crippen molar-refractivity contribution in [3.05, 3.63) is 42.1 Å². The predicted octanol–water partition coefficient (Wildman–Crippen LogP) is 2.59. The number of benzene rings is 1. The van der Waals surface area contributed by atoms with Gasteiger partial charge in [0.2, 0.25) is 5.95 Å². The average molecular weight is 314 g/mol. The fraction of sp³-hybridized carbons (Fsp3) is 0.353. The summed E-state index contributed by atoms with van der Waals surface area (Å²) in [5.41, 5.74) is 2.67. The first-order valence-electron chi connectivity index (χ1n) is 7.58. The Kier molecular flexibility index (Phi) is 5.65. The van der Waals surface area contributed by atoms with Crippen molar-refractivity contribution in [2.75, 3.05) is 11.9 Å². The van der Waals surface area contributed by atoms with Gasteiger partial charge in [0.15, 0.2) is 0 Å². The molecule has 6 heteroatoms. The molecule has 0 aliphatic heterocycles. The van der Waals surface area contributed by atoms with Gasteiger partial charge in [-0.2, -0.15) is 0 Å². The Morgan fingerprint density at radius 3 is 2.57 bits per heavy atom. The zero-order valence-electron chi connectivity index (χ0n) is 13.6. The molecule has 1 heterocycles. The SMILES string of the molecule is Cc1cnc(NC(=O)N[C@H](CO)C(C)C)nc1-c1ccccc1. The summed E-state index contributed by atoms with van der Waals surface area (Å²) >= 11 is 0. The van der Waals surface area contributed by atoms with E-state index >= 15 is 0 Å². The lowest BCUT2D eigenvalue weighted by molar-refractivity contribution is 0.204. The highest BCUT2D eigenvalue weighted by atomic mass is 16.3. The van der Waals surface area contributed by atoms with Gasteiger partial charge in [0.25, 0.3) is 0 Å². The predicted molar refractivity (Wildman–Crippen MR) is 90.1 cm³/mol. The molecule has 6 nitrogen and oxygen atoms in total. The van der Waals surface area contributed by atoms with Gasteiger partial charge in [0.05, 0.1) is 18.3 Å². The van der Waals surface area contributed by atoms with Crippen molar-refractivity contribution >= 4 is 12.0 Å². The van der Waals surface area contributed by atoms with E-state index in [1.165, 1.54) is 0 Å². The van der Waals surface area contributed by atoms with Crippen LogP contribution >= 0.6 is 0 Å². The number of anilines is 1. The number of nitrogens with zero attached hydrogens (tertiary/aromatic N) is 2. The lowest BCUT2D eigenvalue weighted by Crippen LogP contribution is -2.43. The van der Waals surface area contributed by atoms with E-state index in [1.54, 1.807) is 6.20 Å². The molecule has 0 saturated carbocycles. The van der Waals surface area contributed by atoms with Crippen molar-refractivity contribution in [3.63, 3.8) is 0 Å². The van der Waals surface area contributed by atoms with E-state index in [1.807, 2.05) is 51.1 Å². The standard InChI is InChI=1S/C17H22N4O2/c1-11(2)14(10-22)19-17(23)21-16-18-9-12(3)15(20-16)13-7-5-4-6-8-13/h4-9,11,14,22H,10H2,1-3H3,(H2,18,19,20,21,23)/t14-/m1/s1. The van der Waals surface area contributed by atoms with Crippen molar-refractivity contribution in [3.8, 4) is 11.3 Å². The van der Waals surface area contributed by atoms with Gasteiger partial charge in [-0.3, -0.25) is 5.32 Å². The van der Waals surface area contributed by atoms with Gasteiger partial charge < -0.3 is 10.4 Å². The Morgan fingerprint density at radius 2 is 1.96 bits per heavy atom. The van der Waals surface area contributed by atoms with E-state index in [2.05, 4.69) is 20.6 Å². The molecule has 2 aromatic rings. The first kappa shape index (κ1) is 16.9. The molecule has 23 heavy (non-hydrogen) atoms. The highest BCUT2D eigenvalue weighted by Gasteiger charge is 2.16. The molecular formula is C17H22N4O2. The molecule has 1 atom stereocenters. The van der Waals surface area contributed by atoms with Crippen molar-refractivity contribution in [2.45, 2.75) is 26.8 Å². The fourth-order valence-corrected chi connectivity index (χ4v) is 2.12. The van der Waals surface area contributed by atoms with Crippen LogP contribution in [0.25, 0.3) is 11.3 Å². The molecule has 1 aromatic carbocycles. The number of amides is 2. The zero-order valence-corrected chi connectivity index (χ0v) is 13.6. The molecule has 0 aliphatic rings. The molecule has 0 unspecified atom stereocenters. The van der Waals surface area contributed by atoms with Gasteiger partial charge in [0.1, 0.15) is 0 Å². The van der Waals surface area contributed by atoms with Gasteiger partial charge >= 0.3 is 6.03 Å². The van der Waals surface area contributed by atoms with E-state index in [0.29, 0.717) is 0 Å². The van der Waals surface area contributed by atoms with Gasteiger partial charge in [-0.25, -0.2) is 14.8 Å². The third-order valence-electron chi connectivity index (χ3n) is 3.56. The van der Waals surface area contributed by atoms with Crippen LogP contribution in [-0.4, -0.2) is 33.8 Å². The molecule has 1 aromatic heterocycles. The number of carbonyl (C=O) groups excluding carboxylic acids is 1. The number of nitrogens with one attached hydrogen (secondary N) is 2. The second-order valence-corrected chi connectivity index (χ2v) is 5.72. The number of aryl methyl sites for hydroxylation is 1. The van der Waals surface area contributed by atoms with Crippen LogP contribution in [-0.2, 0) is 0 Å². The van der Waals surface area contributed by atoms with Gasteiger partial charge in [-0.15, -0.1) is 0 Å². The molecular weight excluding hydrogens is 292 g/mol. The van der Waals surface area contributed by atoms with E-state index < -0.39 is 6.03 Å². The van der Waals surface area contributed by atoms with Crippen LogP contribution in [0.3, 0.4) is 0 Å². The fourth-order valence-electron chi connectivity index (χ4n) is 2.12. The van der Waals surface area contributed by atoms with Crippen molar-refractivity contribution in [2.24, 2.45) is 5.92 Å². The topological polar surface area (TPSA) is 87.1 Å². The van der Waals surface area contributed by atoms with Crippen LogP contribution in [0.4, 0.5) is 10.7 Å². The Balaban J connectivity index is 2.14. The molecule has 0 saturated heterocycles. The number of rotatable bonds is 5. The van der Waals surface area contributed by atoms with Gasteiger partial charge in [-0.1, -0.05) is 44.2 Å². The van der Waals surface area contributed by atoms with Crippen LogP contribution < -0.4 is 10.6 Å². The summed E-state index contributed by atoms with van der Waals surface area (Å²) in [6.07, 6.45) is 1.68. The molecule has 3 N–H and O–H groups in total. The summed E-state index contributed by atoms with van der Waals surface area (Å²) in [5.74, 6) is 0.358. The maximum Gasteiger partial charge on any atom is 0.321 e. The van der Waals surface area contributed by atoms with Crippen LogP contribution in [0.5, 0.6) is 0 Å². The average Bonchev–Trinajstić information content (AvgIpc) is 2.55. The number of aliphatic hydroxyl groups excluding tert-OH is 1. The summed E-state index contributed by atoms with van der Waals surface area (Å²) in [7, 11) is 0. The van der Waals surface area contributed by atoms with E-state index in [0.717, 1.165) is 16.8 Å². The monoisotopic (exact) mass is 314 g/mol. The molecule has 2 rings (SSSR count). The molecule has 2 amide bonds. The van der Waals surface area contributed by atoms with Crippen LogP contribution in [0.15, 0.2) is 36.5 Å². The highest BCUT2D eigenvalue weighted by Crippen LogP contribution is 2.21. The largest absolute Gasteiger partial charge is 0.394 e. The van der Waals surface area contributed by atoms with Crippen LogP contribution in [0.1, 0.15) is 19.4 Å². The lowest BCUT2D eigenvalue weighted by atomic mass is 10.1. The third kappa shape index (κ3) is 4.50. The lowest BCUT2D eigenvalue weighted by Gasteiger charge is -2.19. The second kappa shape index (κ2) is 7.69. The smallest absolute Gasteiger partial charge is 0.321 e. The van der Waals surface area contributed by atoms with E-state index in [-0.39, 0.29) is 24.5 Å². The first-order valence-corrected chi connectivity index (χ1v) is 7.58. The van der Waals surface area contributed by atoms with Crippen molar-refractivity contribution in [1.29, 1.82) is 0 Å². The number of carbonyl (C=O) groups is 1. The number of urea groups is 1. The number of aliphatic hydroxyl groups is 1. The molecule has 0 bridgehead atoms. The Labute approximate surface area is 136 Å². The summed E-state index contributed by atoms with van der Waals surface area (Å²) in [6.45, 7) is 5.66. The maximum atomic E-state index is 12.0. The minimum atomic E-state index is -0.430. The van der Waals surface area contributed by atoms with Gasteiger partial charge in [-0.05, 0) is 18.4 Å². The highest BCUT2D eigenvalue weighted by molar-refractivity contribution is 5.87. The number of hydrogen-bond acceptors (Lipinski definition) is 4. The summed E-state index contributed by atoms with van der Waals surface area (Å²) in [6, 6.07) is 8.98. The Hall–Kier alpha value is -2.47. The quantitative estimate of drug-likeness (QED) is 0.791. The minimum absolute atomic E-state index is 0.116. The Bertz CT molecular complexity index is 659. The number of hydrogen-bond donors (Lipinski definition) is 3. The molecule has 0 aliphatic carbocycles. The summed E-state index contributed by atoms with van der Waals surface area (Å²) in [5, 5.41) is 14.6. The van der Waals surface area contributed by atoms with Crippen LogP contribution in [0.2, 0.25) is 0 Å². The van der Waals surface area contributed by atoms with Crippen molar-refractivity contribution < 1.29 is 9.90 Å². The second-order valence-electron chi connectivity index (χ2n) is 5.72. The Morgan fingerprint density at radius 1 is 1.26 bits per heavy atom. The normalized spacial score (nSPS) is 12.0. The molecule has 0 fully saturated rings. The van der Waals surface area contributed by atoms with Gasteiger partial charge in [0, 0.05) is 11.8 Å². The molecule has 0 spiro atoms. The molecule has 122 valence electrons. The third-order valence-corrected chi connectivity index (χ3v) is 3.56. The summed E-state index contributed by atoms with van der Waals surface area (Å²) in [4.78, 5) is 20.6. The first-order chi connectivity index (χ1) is 11.0.